The summed E-state index contributed by atoms with van der Waals surface area (Å²) in [6.07, 6.45) is -0.136. The Morgan fingerprint density at radius 3 is 1.78 bits per heavy atom. The zero-order chi connectivity index (χ0) is 16.7. The van der Waals surface area contributed by atoms with Crippen LogP contribution in [-0.4, -0.2) is 34.3 Å². The second-order valence-electron chi connectivity index (χ2n) is 6.53. The molecule has 1 unspecified atom stereocenters. The first-order chi connectivity index (χ1) is 10.9. The summed E-state index contributed by atoms with van der Waals surface area (Å²) in [5, 5.41) is 0. The van der Waals surface area contributed by atoms with E-state index in [0.717, 1.165) is 21.7 Å². The van der Waals surface area contributed by atoms with E-state index in [2.05, 4.69) is 0 Å². The smallest absolute Gasteiger partial charge is 0.154 e. The van der Waals surface area contributed by atoms with E-state index < -0.39 is 0 Å². The van der Waals surface area contributed by atoms with Crippen molar-refractivity contribution in [1.29, 1.82) is 0 Å². The normalized spacial score (nSPS) is 14.2. The Kier molecular flexibility index (Phi) is 6.25. The highest BCUT2D eigenvalue weighted by Crippen LogP contribution is 2.18. The molecular weight excluding hydrogens is 304 g/mol. The molecule has 0 radical (unpaired) electrons. The molecule has 0 N–H and O–H groups in total. The maximum absolute atomic E-state index is 6.13. The molecule has 4 heteroatoms. The Balaban J connectivity index is 2.05. The largest absolute Gasteiger partial charge is 0.491 e. The van der Waals surface area contributed by atoms with Crippen LogP contribution < -0.4 is 9.47 Å². The molecule has 3 nitrogen and oxygen atoms in total. The standard InChI is InChI=1S/C19H26O3Si/c1-19(2,3)20-14-17(21-15-10-6-4-7-11-15)18(23)22-16-12-8-5-9-13-16/h4-13,17-18H,14H2,1-3,23H3/t17-,18?/m0/s1. The Labute approximate surface area is 142 Å². The summed E-state index contributed by atoms with van der Waals surface area (Å²) in [6.45, 7) is 6.64. The molecule has 0 fully saturated rings. The molecule has 2 aromatic carbocycles. The minimum absolute atomic E-state index is 0.0000406. The summed E-state index contributed by atoms with van der Waals surface area (Å²) in [4.78, 5) is 0. The van der Waals surface area contributed by atoms with Crippen molar-refractivity contribution in [3.8, 4) is 11.5 Å². The maximum atomic E-state index is 6.13. The monoisotopic (exact) mass is 330 g/mol. The molecule has 0 saturated heterocycles. The molecular formula is C19H26O3Si. The third-order valence-electron chi connectivity index (χ3n) is 3.30. The van der Waals surface area contributed by atoms with E-state index in [1.807, 2.05) is 81.4 Å². The van der Waals surface area contributed by atoms with E-state index in [4.69, 9.17) is 14.2 Å². The number of ether oxygens (including phenoxy) is 3. The zero-order valence-corrected chi connectivity index (χ0v) is 16.4. The minimum atomic E-state index is -0.202. The number of hydrogen-bond donors (Lipinski definition) is 0. The zero-order valence-electron chi connectivity index (χ0n) is 14.4. The van der Waals surface area contributed by atoms with Gasteiger partial charge in [-0.05, 0) is 45.0 Å². The molecule has 0 bridgehead atoms. The Bertz CT molecular complexity index is 566. The van der Waals surface area contributed by atoms with Crippen LogP contribution in [0.1, 0.15) is 20.8 Å². The van der Waals surface area contributed by atoms with Crippen LogP contribution in [-0.2, 0) is 4.74 Å². The highest BCUT2D eigenvalue weighted by atomic mass is 28.1. The Morgan fingerprint density at radius 1 is 0.826 bits per heavy atom. The lowest BCUT2D eigenvalue weighted by Crippen LogP contribution is -2.42. The highest BCUT2D eigenvalue weighted by Gasteiger charge is 2.24. The fourth-order valence-electron chi connectivity index (χ4n) is 2.06. The lowest BCUT2D eigenvalue weighted by atomic mass is 10.2. The van der Waals surface area contributed by atoms with Crippen molar-refractivity contribution in [1.82, 2.24) is 0 Å². The van der Waals surface area contributed by atoms with Crippen molar-refractivity contribution in [2.75, 3.05) is 6.61 Å². The van der Waals surface area contributed by atoms with Gasteiger partial charge in [0.15, 0.2) is 6.10 Å². The van der Waals surface area contributed by atoms with E-state index >= 15 is 0 Å². The predicted octanol–water partition coefficient (Wildman–Crippen LogP) is 3.02. The Morgan fingerprint density at radius 2 is 1.30 bits per heavy atom. The van der Waals surface area contributed by atoms with E-state index in [9.17, 15) is 0 Å². The second-order valence-corrected chi connectivity index (χ2v) is 7.67. The summed E-state index contributed by atoms with van der Waals surface area (Å²) in [7, 11) is 0.842. The summed E-state index contributed by atoms with van der Waals surface area (Å²) >= 11 is 0. The van der Waals surface area contributed by atoms with Crippen molar-refractivity contribution in [3.05, 3.63) is 60.7 Å². The highest BCUT2D eigenvalue weighted by molar-refractivity contribution is 6.11. The van der Waals surface area contributed by atoms with Gasteiger partial charge in [-0.3, -0.25) is 0 Å². The van der Waals surface area contributed by atoms with Gasteiger partial charge < -0.3 is 14.2 Å². The van der Waals surface area contributed by atoms with Crippen LogP contribution in [0.2, 0.25) is 0 Å². The number of hydrogen-bond acceptors (Lipinski definition) is 3. The topological polar surface area (TPSA) is 27.7 Å². The maximum Gasteiger partial charge on any atom is 0.154 e. The fourth-order valence-corrected chi connectivity index (χ4v) is 2.66. The van der Waals surface area contributed by atoms with Gasteiger partial charge in [-0.1, -0.05) is 36.4 Å². The van der Waals surface area contributed by atoms with Gasteiger partial charge in [0.2, 0.25) is 0 Å². The van der Waals surface area contributed by atoms with Gasteiger partial charge in [0.05, 0.1) is 22.5 Å². The molecule has 124 valence electrons. The Hall–Kier alpha value is -1.78. The average molecular weight is 331 g/mol. The summed E-state index contributed by atoms with van der Waals surface area (Å²) in [5.74, 6) is 1.71. The van der Waals surface area contributed by atoms with Crippen LogP contribution in [0.15, 0.2) is 60.7 Å². The van der Waals surface area contributed by atoms with Crippen LogP contribution >= 0.6 is 0 Å². The average Bonchev–Trinajstić information content (AvgIpc) is 2.52. The molecule has 0 aliphatic rings. The fraction of sp³-hybridized carbons (Fsp3) is 0.368. The van der Waals surface area contributed by atoms with Gasteiger partial charge >= 0.3 is 0 Å². The van der Waals surface area contributed by atoms with Gasteiger partial charge in [0, 0.05) is 0 Å². The van der Waals surface area contributed by atoms with Crippen molar-refractivity contribution in [2.45, 2.75) is 38.2 Å². The molecule has 0 aliphatic heterocycles. The van der Waals surface area contributed by atoms with E-state index in [1.165, 1.54) is 0 Å². The van der Waals surface area contributed by atoms with Crippen molar-refractivity contribution in [2.24, 2.45) is 0 Å². The van der Waals surface area contributed by atoms with Crippen LogP contribution in [0.5, 0.6) is 11.5 Å². The molecule has 0 saturated carbocycles. The van der Waals surface area contributed by atoms with Crippen molar-refractivity contribution in [3.63, 3.8) is 0 Å². The van der Waals surface area contributed by atoms with Gasteiger partial charge in [0.25, 0.3) is 0 Å². The first-order valence-corrected chi connectivity index (χ1v) is 9.17. The van der Waals surface area contributed by atoms with E-state index in [1.54, 1.807) is 0 Å². The number of rotatable bonds is 7. The van der Waals surface area contributed by atoms with Gasteiger partial charge in [-0.15, -0.1) is 0 Å². The molecule has 0 aliphatic carbocycles. The van der Waals surface area contributed by atoms with Crippen molar-refractivity contribution < 1.29 is 14.2 Å². The van der Waals surface area contributed by atoms with Crippen molar-refractivity contribution >= 4 is 10.2 Å². The van der Waals surface area contributed by atoms with Crippen LogP contribution in [0.4, 0.5) is 0 Å². The molecule has 2 rings (SSSR count). The SMILES string of the molecule is CC(C)(C)OC[C@H](Oc1ccccc1)C([SiH3])Oc1ccccc1. The molecule has 0 aromatic heterocycles. The number of benzene rings is 2. The van der Waals surface area contributed by atoms with Crippen LogP contribution in [0.25, 0.3) is 0 Å². The molecule has 23 heavy (non-hydrogen) atoms. The molecule has 0 amide bonds. The predicted molar refractivity (Wildman–Crippen MR) is 97.4 cm³/mol. The molecule has 2 aromatic rings. The third kappa shape index (κ3) is 6.46. The van der Waals surface area contributed by atoms with Crippen LogP contribution in [0.3, 0.4) is 0 Å². The lowest BCUT2D eigenvalue weighted by Gasteiger charge is -2.29. The lowest BCUT2D eigenvalue weighted by molar-refractivity contribution is -0.0570. The molecule has 0 heterocycles. The van der Waals surface area contributed by atoms with E-state index in [-0.39, 0.29) is 17.4 Å². The summed E-state index contributed by atoms with van der Waals surface area (Å²) < 4.78 is 18.1. The van der Waals surface area contributed by atoms with Gasteiger partial charge in [0.1, 0.15) is 17.2 Å². The second kappa shape index (κ2) is 8.18. The minimum Gasteiger partial charge on any atom is -0.491 e. The van der Waals surface area contributed by atoms with Crippen LogP contribution in [0, 0.1) is 0 Å². The van der Waals surface area contributed by atoms with E-state index in [0.29, 0.717) is 6.61 Å². The summed E-state index contributed by atoms with van der Waals surface area (Å²) in [6, 6.07) is 19.7. The first-order valence-electron chi connectivity index (χ1n) is 8.01. The number of para-hydroxylation sites is 2. The quantitative estimate of drug-likeness (QED) is 0.731. The third-order valence-corrected chi connectivity index (χ3v) is 4.28. The van der Waals surface area contributed by atoms with Gasteiger partial charge in [-0.25, -0.2) is 0 Å². The molecule has 0 spiro atoms. The van der Waals surface area contributed by atoms with Gasteiger partial charge in [-0.2, -0.15) is 0 Å². The molecule has 2 atom stereocenters. The first kappa shape index (κ1) is 17.6. The summed E-state index contributed by atoms with van der Waals surface area (Å²) in [5.41, 5.74) is -0.202.